The minimum Gasteiger partial charge on any atom is -0.340 e. The molecule has 0 aliphatic carbocycles. The Labute approximate surface area is 356 Å². The predicted octanol–water partition coefficient (Wildman–Crippen LogP) is 13.2. The third-order valence-electron chi connectivity index (χ3n) is 13.4. The van der Waals surface area contributed by atoms with Crippen LogP contribution >= 0.6 is 31.9 Å². The van der Waals surface area contributed by atoms with Gasteiger partial charge in [0.15, 0.2) is 8.07 Å². The maximum Gasteiger partial charge on any atom is 0.180 e. The van der Waals surface area contributed by atoms with E-state index in [0.29, 0.717) is 11.8 Å². The van der Waals surface area contributed by atoms with Crippen molar-refractivity contribution in [2.45, 2.75) is 92.2 Å². The van der Waals surface area contributed by atoms with Crippen LogP contribution in [0.2, 0.25) is 0 Å². The van der Waals surface area contributed by atoms with Gasteiger partial charge >= 0.3 is 0 Å². The van der Waals surface area contributed by atoms with Crippen molar-refractivity contribution in [2.75, 3.05) is 0 Å². The largest absolute Gasteiger partial charge is 0.340 e. The van der Waals surface area contributed by atoms with E-state index in [9.17, 15) is 0 Å². The first-order chi connectivity index (χ1) is 27.9. The summed E-state index contributed by atoms with van der Waals surface area (Å²) in [7, 11) is -2.87. The monoisotopic (exact) mass is 892 g/mol. The van der Waals surface area contributed by atoms with Crippen LogP contribution in [-0.4, -0.2) is 17.2 Å². The van der Waals surface area contributed by atoms with Gasteiger partial charge in [-0.25, -0.2) is 0 Å². The number of unbranched alkanes of at least 4 members (excludes halogenated alkanes) is 2. The molecular formula is C52H54Br2N2Si. The van der Waals surface area contributed by atoms with Gasteiger partial charge in [0, 0.05) is 65.6 Å². The number of hydrogen-bond donors (Lipinski definition) is 0. The number of aromatic nitrogens is 2. The smallest absolute Gasteiger partial charge is 0.180 e. The second-order valence-corrected chi connectivity index (χ2v) is 22.2. The first-order valence-electron chi connectivity index (χ1n) is 21.5. The summed E-state index contributed by atoms with van der Waals surface area (Å²) in [5.41, 5.74) is 8.14. The summed E-state index contributed by atoms with van der Waals surface area (Å²) in [5.74, 6) is 1.33. The van der Waals surface area contributed by atoms with Crippen LogP contribution in [0.5, 0.6) is 0 Å². The molecule has 5 heteroatoms. The summed E-state index contributed by atoms with van der Waals surface area (Å²) < 4.78 is 7.55. The highest BCUT2D eigenvalue weighted by molar-refractivity contribution is 9.10. The fourth-order valence-corrected chi connectivity index (χ4v) is 16.8. The lowest BCUT2D eigenvalue weighted by Gasteiger charge is -2.32. The lowest BCUT2D eigenvalue weighted by atomic mass is 9.99. The van der Waals surface area contributed by atoms with Crippen molar-refractivity contribution in [2.24, 2.45) is 11.8 Å². The Morgan fingerprint density at radius 3 is 1.32 bits per heavy atom. The molecule has 290 valence electrons. The van der Waals surface area contributed by atoms with Gasteiger partial charge in [-0.2, -0.15) is 0 Å². The van der Waals surface area contributed by atoms with E-state index in [4.69, 9.17) is 0 Å². The highest BCUT2D eigenvalue weighted by Crippen LogP contribution is 2.37. The van der Waals surface area contributed by atoms with Crippen molar-refractivity contribution in [1.29, 1.82) is 0 Å². The van der Waals surface area contributed by atoms with Crippen molar-refractivity contribution >= 4 is 104 Å². The molecule has 9 rings (SSSR count). The molecule has 8 aromatic rings. The number of nitrogens with zero attached hydrogens (tertiary/aromatic N) is 2. The average Bonchev–Trinajstić information content (AvgIpc) is 3.83. The van der Waals surface area contributed by atoms with Gasteiger partial charge in [-0.05, 0) is 105 Å². The molecule has 2 atom stereocenters. The lowest BCUT2D eigenvalue weighted by Crippen LogP contribution is -2.72. The topological polar surface area (TPSA) is 9.86 Å². The number of hydrogen-bond acceptors (Lipinski definition) is 0. The molecule has 3 heterocycles. The third-order valence-corrected chi connectivity index (χ3v) is 19.2. The molecule has 0 saturated heterocycles. The van der Waals surface area contributed by atoms with Gasteiger partial charge in [0.25, 0.3) is 0 Å². The van der Waals surface area contributed by atoms with Gasteiger partial charge in [-0.3, -0.25) is 0 Å². The van der Waals surface area contributed by atoms with Gasteiger partial charge in [0.05, 0.1) is 0 Å². The minimum atomic E-state index is -2.87. The van der Waals surface area contributed by atoms with Gasteiger partial charge < -0.3 is 9.13 Å². The van der Waals surface area contributed by atoms with Crippen LogP contribution < -0.4 is 20.7 Å². The van der Waals surface area contributed by atoms with Gasteiger partial charge in [0.1, 0.15) is 0 Å². The number of fused-ring (bicyclic) bond motifs is 9. The van der Waals surface area contributed by atoms with Crippen molar-refractivity contribution in [3.8, 4) is 11.1 Å². The Balaban J connectivity index is 1.33. The van der Waals surface area contributed by atoms with Crippen molar-refractivity contribution in [1.82, 2.24) is 9.13 Å². The lowest BCUT2D eigenvalue weighted by molar-refractivity contribution is 0.401. The zero-order chi connectivity index (χ0) is 39.3. The molecule has 2 aromatic heterocycles. The van der Waals surface area contributed by atoms with E-state index in [1.54, 1.807) is 0 Å². The summed E-state index contributed by atoms with van der Waals surface area (Å²) in [6.07, 6.45) is 10.1. The van der Waals surface area contributed by atoms with E-state index in [1.165, 1.54) is 127 Å². The molecular weight excluding hydrogens is 840 g/mol. The Bertz CT molecular complexity index is 2570. The minimum absolute atomic E-state index is 0.667. The van der Waals surface area contributed by atoms with Crippen LogP contribution in [0.3, 0.4) is 0 Å². The zero-order valence-corrected chi connectivity index (χ0v) is 38.1. The first kappa shape index (κ1) is 38.6. The molecule has 2 nitrogen and oxygen atoms in total. The standard InChI is InChI=1S/C52H54Br2N2Si/c1-5-9-15-35(7-3)33-55-47-19-13-11-17-41(47)45-31-39(23-27-49(45)55)57(51-29-37(53)21-25-43(51)44-26-22-38(54)30-52(44)57)40-24-28-50-46(32-40)42-18-12-14-20-48(42)56(50)34-36(8-4)16-10-6-2/h11-14,17-32,35-36H,5-10,15-16,33-34H2,1-4H3. The highest BCUT2D eigenvalue weighted by Gasteiger charge is 2.49. The van der Waals surface area contributed by atoms with Crippen LogP contribution in [0.1, 0.15) is 79.1 Å². The Hall–Kier alpha value is -3.90. The molecule has 0 spiro atoms. The second kappa shape index (κ2) is 16.0. The van der Waals surface area contributed by atoms with Crippen LogP contribution in [0, 0.1) is 11.8 Å². The SMILES string of the molecule is CCCCC(CC)Cn1c2ccccc2c2cc([Si]3(c4ccc5c(c4)c4ccccc4n5CC(CC)CCCC)c4cc(Br)ccc4-c4ccc(Br)cc43)ccc21. The van der Waals surface area contributed by atoms with E-state index in [0.717, 1.165) is 22.0 Å². The molecule has 6 aromatic carbocycles. The van der Waals surface area contributed by atoms with E-state index in [1.807, 2.05) is 0 Å². The van der Waals surface area contributed by atoms with Crippen molar-refractivity contribution < 1.29 is 0 Å². The first-order valence-corrected chi connectivity index (χ1v) is 25.1. The summed E-state index contributed by atoms with van der Waals surface area (Å²) in [6, 6.07) is 47.6. The van der Waals surface area contributed by atoms with Crippen molar-refractivity contribution in [3.05, 3.63) is 130 Å². The Morgan fingerprint density at radius 2 is 0.895 bits per heavy atom. The Kier molecular flexibility index (Phi) is 10.9. The van der Waals surface area contributed by atoms with Gasteiger partial charge in [-0.1, -0.05) is 171 Å². The summed E-state index contributed by atoms with van der Waals surface area (Å²) >= 11 is 7.95. The molecule has 0 saturated carbocycles. The number of benzene rings is 6. The quantitative estimate of drug-likeness (QED) is 0.0963. The number of rotatable bonds is 14. The molecule has 0 amide bonds. The fraction of sp³-hybridized carbons (Fsp3) is 0.308. The van der Waals surface area contributed by atoms with E-state index in [2.05, 4.69) is 190 Å². The molecule has 1 aliphatic rings. The molecule has 0 N–H and O–H groups in total. The van der Waals surface area contributed by atoms with E-state index >= 15 is 0 Å². The summed E-state index contributed by atoms with van der Waals surface area (Å²) in [6.45, 7) is 11.5. The highest BCUT2D eigenvalue weighted by atomic mass is 79.9. The number of halogens is 2. The van der Waals surface area contributed by atoms with Gasteiger partial charge in [-0.15, -0.1) is 0 Å². The van der Waals surface area contributed by atoms with Crippen LogP contribution in [0.4, 0.5) is 0 Å². The molecule has 0 bridgehead atoms. The van der Waals surface area contributed by atoms with Crippen molar-refractivity contribution in [3.63, 3.8) is 0 Å². The second-order valence-electron chi connectivity index (χ2n) is 16.7. The number of para-hydroxylation sites is 2. The normalized spacial score (nSPS) is 14.5. The van der Waals surface area contributed by atoms with E-state index < -0.39 is 8.07 Å². The summed E-state index contributed by atoms with van der Waals surface area (Å²) in [5, 5.41) is 11.3. The summed E-state index contributed by atoms with van der Waals surface area (Å²) in [4.78, 5) is 0. The third kappa shape index (κ3) is 6.48. The zero-order valence-electron chi connectivity index (χ0n) is 33.9. The molecule has 57 heavy (non-hydrogen) atoms. The molecule has 0 radical (unpaired) electrons. The molecule has 1 aliphatic heterocycles. The average molecular weight is 895 g/mol. The maximum absolute atomic E-state index is 3.97. The Morgan fingerprint density at radius 1 is 0.474 bits per heavy atom. The van der Waals surface area contributed by atoms with Gasteiger partial charge in [0.2, 0.25) is 0 Å². The predicted molar refractivity (Wildman–Crippen MR) is 257 cm³/mol. The molecule has 2 unspecified atom stereocenters. The fourth-order valence-electron chi connectivity index (χ4n) is 10.4. The van der Waals surface area contributed by atoms with E-state index in [-0.39, 0.29) is 0 Å². The molecule has 0 fully saturated rings. The maximum atomic E-state index is 3.97. The van der Waals surface area contributed by atoms with Crippen LogP contribution in [0.25, 0.3) is 54.7 Å². The van der Waals surface area contributed by atoms with Crippen LogP contribution in [0.15, 0.2) is 130 Å². The van der Waals surface area contributed by atoms with Crippen LogP contribution in [-0.2, 0) is 13.1 Å².